The van der Waals surface area contributed by atoms with E-state index in [4.69, 9.17) is 4.74 Å². The van der Waals surface area contributed by atoms with Crippen LogP contribution in [-0.4, -0.2) is 74.4 Å². The number of aromatic nitrogens is 1. The highest BCUT2D eigenvalue weighted by atomic mass is 32.1. The first-order chi connectivity index (χ1) is 14.8. The number of fused-ring (bicyclic) bond motifs is 1. The summed E-state index contributed by atoms with van der Waals surface area (Å²) in [5.41, 5.74) is -0.542. The van der Waals surface area contributed by atoms with Crippen molar-refractivity contribution in [3.8, 4) is 0 Å². The molecule has 0 bridgehead atoms. The number of carbonyl (C=O) groups is 1. The SMILES string of the molecule is CNC(=O)c1csc2c(C(F)(F)F)cc(N3CCC(OC4CN(CCF)C4)CC3)nc12. The third-order valence-corrected chi connectivity index (χ3v) is 6.76. The minimum atomic E-state index is -4.54. The summed E-state index contributed by atoms with van der Waals surface area (Å²) in [5, 5.41) is 3.87. The molecule has 0 aromatic carbocycles. The number of ether oxygens (including phenoxy) is 1. The second kappa shape index (κ2) is 8.87. The fourth-order valence-electron chi connectivity index (χ4n) is 4.07. The van der Waals surface area contributed by atoms with Crippen molar-refractivity contribution >= 4 is 33.3 Å². The van der Waals surface area contributed by atoms with Gasteiger partial charge in [-0.05, 0) is 18.9 Å². The van der Waals surface area contributed by atoms with Crippen LogP contribution < -0.4 is 10.2 Å². The molecule has 2 aromatic heterocycles. The fraction of sp³-hybridized carbons (Fsp3) is 0.600. The van der Waals surface area contributed by atoms with Gasteiger partial charge in [-0.2, -0.15) is 13.2 Å². The summed E-state index contributed by atoms with van der Waals surface area (Å²) in [6.45, 7) is 2.53. The number of nitrogens with zero attached hydrogens (tertiary/aromatic N) is 3. The van der Waals surface area contributed by atoms with E-state index in [9.17, 15) is 22.4 Å². The van der Waals surface area contributed by atoms with Crippen molar-refractivity contribution in [1.82, 2.24) is 15.2 Å². The Morgan fingerprint density at radius 1 is 1.29 bits per heavy atom. The lowest BCUT2D eigenvalue weighted by Gasteiger charge is -2.42. The van der Waals surface area contributed by atoms with Gasteiger partial charge in [0.1, 0.15) is 12.5 Å². The number of anilines is 1. The molecule has 1 N–H and O–H groups in total. The quantitative estimate of drug-likeness (QED) is 0.671. The first kappa shape index (κ1) is 22.2. The minimum absolute atomic E-state index is 0.0298. The summed E-state index contributed by atoms with van der Waals surface area (Å²) < 4.78 is 59.5. The number of alkyl halides is 4. The molecule has 170 valence electrons. The van der Waals surface area contributed by atoms with Gasteiger partial charge in [0.25, 0.3) is 5.91 Å². The zero-order valence-electron chi connectivity index (χ0n) is 17.0. The van der Waals surface area contributed by atoms with Gasteiger partial charge in [0, 0.05) is 45.2 Å². The van der Waals surface area contributed by atoms with Crippen LogP contribution >= 0.6 is 11.3 Å². The number of rotatable bonds is 6. The van der Waals surface area contributed by atoms with Crippen LogP contribution in [0.25, 0.3) is 10.2 Å². The summed E-state index contributed by atoms with van der Waals surface area (Å²) in [6.07, 6.45) is -3.07. The number of thiophene rings is 1. The van der Waals surface area contributed by atoms with E-state index in [1.807, 2.05) is 9.80 Å². The maximum atomic E-state index is 13.7. The molecular weight excluding hydrogens is 436 g/mol. The average molecular weight is 460 g/mol. The van der Waals surface area contributed by atoms with Crippen LogP contribution in [0.4, 0.5) is 23.4 Å². The van der Waals surface area contributed by atoms with Gasteiger partial charge in [-0.3, -0.25) is 9.69 Å². The molecule has 0 atom stereocenters. The van der Waals surface area contributed by atoms with Crippen molar-refractivity contribution in [3.05, 3.63) is 22.6 Å². The number of piperidine rings is 1. The Morgan fingerprint density at radius 3 is 2.61 bits per heavy atom. The molecule has 0 saturated carbocycles. The molecule has 2 saturated heterocycles. The normalized spacial score (nSPS) is 19.1. The lowest BCUT2D eigenvalue weighted by atomic mass is 10.1. The van der Waals surface area contributed by atoms with Crippen LogP contribution in [0, 0.1) is 0 Å². The minimum Gasteiger partial charge on any atom is -0.372 e. The summed E-state index contributed by atoms with van der Waals surface area (Å²) in [7, 11) is 1.43. The summed E-state index contributed by atoms with van der Waals surface area (Å²) in [4.78, 5) is 20.3. The first-order valence-corrected chi connectivity index (χ1v) is 11.1. The van der Waals surface area contributed by atoms with E-state index in [-0.39, 0.29) is 40.5 Å². The van der Waals surface area contributed by atoms with E-state index < -0.39 is 17.6 Å². The molecule has 2 aliphatic rings. The Kier molecular flexibility index (Phi) is 6.36. The zero-order chi connectivity index (χ0) is 22.2. The first-order valence-electron chi connectivity index (χ1n) is 10.2. The maximum Gasteiger partial charge on any atom is 0.417 e. The van der Waals surface area contributed by atoms with Crippen LogP contribution in [0.3, 0.4) is 0 Å². The number of likely N-dealkylation sites (tertiary alicyclic amines) is 1. The van der Waals surface area contributed by atoms with E-state index >= 15 is 0 Å². The van der Waals surface area contributed by atoms with E-state index in [0.717, 1.165) is 30.5 Å². The highest BCUT2D eigenvalue weighted by Gasteiger charge is 2.36. The molecule has 6 nitrogen and oxygen atoms in total. The number of halogens is 4. The summed E-state index contributed by atoms with van der Waals surface area (Å²) >= 11 is 0.877. The molecular formula is C20H24F4N4O2S. The van der Waals surface area contributed by atoms with Crippen LogP contribution in [0.5, 0.6) is 0 Å². The highest BCUT2D eigenvalue weighted by Crippen LogP contribution is 2.40. The van der Waals surface area contributed by atoms with Gasteiger partial charge in [-0.15, -0.1) is 11.3 Å². The van der Waals surface area contributed by atoms with Gasteiger partial charge in [0.05, 0.1) is 33.6 Å². The van der Waals surface area contributed by atoms with E-state index in [1.165, 1.54) is 12.4 Å². The van der Waals surface area contributed by atoms with Gasteiger partial charge >= 0.3 is 6.18 Å². The topological polar surface area (TPSA) is 57.7 Å². The standard InChI is InChI=1S/C20H24F4N4O2S/c1-25-19(29)14-11-31-18-15(20(22,23)24)8-16(26-17(14)18)28-5-2-12(3-6-28)30-13-9-27(10-13)7-4-21/h8,11-13H,2-7,9-10H2,1H3,(H,25,29). The lowest BCUT2D eigenvalue weighted by molar-refractivity contribution is -0.136. The van der Waals surface area contributed by atoms with Crippen LogP contribution in [0.2, 0.25) is 0 Å². The number of hydrogen-bond acceptors (Lipinski definition) is 6. The van der Waals surface area contributed by atoms with Gasteiger partial charge in [-0.1, -0.05) is 0 Å². The molecule has 4 rings (SSSR count). The predicted molar refractivity (Wildman–Crippen MR) is 111 cm³/mol. The van der Waals surface area contributed by atoms with Crippen molar-refractivity contribution in [2.45, 2.75) is 31.2 Å². The average Bonchev–Trinajstić information content (AvgIpc) is 3.14. The smallest absolute Gasteiger partial charge is 0.372 e. The molecule has 2 aliphatic heterocycles. The molecule has 31 heavy (non-hydrogen) atoms. The van der Waals surface area contributed by atoms with Crippen LogP contribution in [0.1, 0.15) is 28.8 Å². The second-order valence-corrected chi connectivity index (χ2v) is 8.70. The van der Waals surface area contributed by atoms with Gasteiger partial charge in [0.15, 0.2) is 0 Å². The van der Waals surface area contributed by atoms with E-state index in [2.05, 4.69) is 10.3 Å². The summed E-state index contributed by atoms with van der Waals surface area (Å²) in [6, 6.07) is 1.08. The van der Waals surface area contributed by atoms with Crippen molar-refractivity contribution in [3.63, 3.8) is 0 Å². The third-order valence-electron chi connectivity index (χ3n) is 5.76. The number of nitrogens with one attached hydrogen (secondary N) is 1. The molecule has 0 aliphatic carbocycles. The molecule has 11 heteroatoms. The number of hydrogen-bond donors (Lipinski definition) is 1. The molecule has 2 fully saturated rings. The molecule has 0 radical (unpaired) electrons. The maximum absolute atomic E-state index is 13.7. The van der Waals surface area contributed by atoms with Crippen molar-refractivity contribution < 1.29 is 27.1 Å². The van der Waals surface area contributed by atoms with Crippen molar-refractivity contribution in [1.29, 1.82) is 0 Å². The summed E-state index contributed by atoms with van der Waals surface area (Å²) in [5.74, 6) is -0.238. The predicted octanol–water partition coefficient (Wildman–Crippen LogP) is 3.31. The van der Waals surface area contributed by atoms with Gasteiger partial charge in [-0.25, -0.2) is 9.37 Å². The lowest BCUT2D eigenvalue weighted by Crippen LogP contribution is -2.54. The monoisotopic (exact) mass is 460 g/mol. The Labute approximate surface area is 181 Å². The van der Waals surface area contributed by atoms with Crippen molar-refractivity contribution in [2.24, 2.45) is 0 Å². The Morgan fingerprint density at radius 2 is 2.00 bits per heavy atom. The molecule has 4 heterocycles. The third kappa shape index (κ3) is 4.63. The molecule has 0 spiro atoms. The number of carbonyl (C=O) groups excluding carboxylic acids is 1. The Hall–Kier alpha value is -1.98. The molecule has 1 amide bonds. The largest absolute Gasteiger partial charge is 0.417 e. The van der Waals surface area contributed by atoms with E-state index in [0.29, 0.717) is 32.5 Å². The number of amides is 1. The Balaban J connectivity index is 1.49. The molecule has 2 aromatic rings. The van der Waals surface area contributed by atoms with Gasteiger partial charge in [0.2, 0.25) is 0 Å². The van der Waals surface area contributed by atoms with E-state index in [1.54, 1.807) is 0 Å². The number of pyridine rings is 1. The molecule has 0 unspecified atom stereocenters. The van der Waals surface area contributed by atoms with Crippen molar-refractivity contribution in [2.75, 3.05) is 51.3 Å². The fourth-order valence-corrected chi connectivity index (χ4v) is 5.09. The zero-order valence-corrected chi connectivity index (χ0v) is 17.9. The van der Waals surface area contributed by atoms with Gasteiger partial charge < -0.3 is 15.0 Å². The highest BCUT2D eigenvalue weighted by molar-refractivity contribution is 7.17. The van der Waals surface area contributed by atoms with Crippen LogP contribution in [-0.2, 0) is 10.9 Å². The Bertz CT molecular complexity index is 937. The second-order valence-electron chi connectivity index (χ2n) is 7.83. The van der Waals surface area contributed by atoms with Crippen LogP contribution in [0.15, 0.2) is 11.4 Å².